The van der Waals surface area contributed by atoms with Crippen molar-refractivity contribution >= 4 is 22.7 Å². The average Bonchev–Trinajstić information content (AvgIpc) is 4.41. The fourth-order valence-electron chi connectivity index (χ4n) is 11.5. The van der Waals surface area contributed by atoms with Crippen molar-refractivity contribution in [3.05, 3.63) is 322 Å². The molecule has 0 unspecified atom stereocenters. The van der Waals surface area contributed by atoms with Gasteiger partial charge in [-0.15, -0.1) is 0 Å². The van der Waals surface area contributed by atoms with Gasteiger partial charge in [-0.3, -0.25) is 4.98 Å². The molecule has 5 nitrogen and oxygen atoms in total. The van der Waals surface area contributed by atoms with Crippen LogP contribution in [-0.4, -0.2) is 18.3 Å². The van der Waals surface area contributed by atoms with Gasteiger partial charge < -0.3 is 19.6 Å². The van der Waals surface area contributed by atoms with Crippen LogP contribution in [0.1, 0.15) is 0 Å². The van der Waals surface area contributed by atoms with Crippen molar-refractivity contribution < 1.29 is 0 Å². The standard InChI is InChI=1S/C77H57N5/c1-4-16-56(17-5-1)57-28-30-58(31-29-57)63-44-45-78-77(53-63)62-34-32-59(33-35-62)71-22-10-13-25-74(71)64-50-65(75-26-14-11-23-72(75)60-36-40-69(41-37-60)81-48-46-79(54-81)67-18-6-2-7-19-67)52-66(51-64)76-27-15-12-24-73(76)61-38-42-70(43-39-61)82-49-47-80(55-82)68-20-8-3-9-21-68/h1-53H,54-55H2. The lowest BCUT2D eigenvalue weighted by molar-refractivity contribution is 0.976. The topological polar surface area (TPSA) is 25.9 Å². The number of anilines is 4. The van der Waals surface area contributed by atoms with E-state index < -0.39 is 0 Å². The molecule has 0 radical (unpaired) electrons. The second-order valence-corrected chi connectivity index (χ2v) is 20.9. The minimum atomic E-state index is 0.757. The fraction of sp³-hybridized carbons (Fsp3) is 0.0260. The van der Waals surface area contributed by atoms with Crippen LogP contribution in [0.4, 0.5) is 22.7 Å². The fourth-order valence-corrected chi connectivity index (χ4v) is 11.5. The van der Waals surface area contributed by atoms with Crippen LogP contribution in [0.15, 0.2) is 322 Å². The molecule has 1 aromatic heterocycles. The van der Waals surface area contributed by atoms with Crippen molar-refractivity contribution in [2.24, 2.45) is 0 Å². The highest BCUT2D eigenvalue weighted by Gasteiger charge is 2.20. The molecule has 0 saturated carbocycles. The summed E-state index contributed by atoms with van der Waals surface area (Å²) in [7, 11) is 0. The van der Waals surface area contributed by atoms with Crippen LogP contribution in [0.2, 0.25) is 0 Å². The van der Waals surface area contributed by atoms with E-state index in [0.717, 1.165) is 91.6 Å². The lowest BCUT2D eigenvalue weighted by atomic mass is 9.86. The summed E-state index contributed by atoms with van der Waals surface area (Å²) in [4.78, 5) is 14.0. The maximum atomic E-state index is 4.86. The molecule has 82 heavy (non-hydrogen) atoms. The molecule has 5 heteroatoms. The second kappa shape index (κ2) is 22.2. The first-order valence-corrected chi connectivity index (χ1v) is 28.0. The number of aromatic nitrogens is 1. The highest BCUT2D eigenvalue weighted by molar-refractivity contribution is 5.94. The molecule has 14 rings (SSSR count). The molecule has 12 aromatic rings. The SMILES string of the molecule is C1=CN(c2ccc(-c3ccccc3-c3cc(-c4ccccc4-c4ccc(-c5cc(-c6ccc(-c7ccccc7)cc6)ccn5)cc4)cc(-c4ccccc4-c4ccc(N5C=CN(c6ccccc6)C5)cc4)c3)cc2)CN1c1ccccc1. The maximum absolute atomic E-state index is 4.86. The highest BCUT2D eigenvalue weighted by atomic mass is 15.3. The molecule has 0 spiro atoms. The Hall–Kier alpha value is -10.8. The van der Waals surface area contributed by atoms with Gasteiger partial charge in [-0.1, -0.05) is 212 Å². The summed E-state index contributed by atoms with van der Waals surface area (Å²) in [6, 6.07) is 105. The van der Waals surface area contributed by atoms with Crippen LogP contribution in [-0.2, 0) is 0 Å². The number of pyridine rings is 1. The van der Waals surface area contributed by atoms with Gasteiger partial charge in [0.1, 0.15) is 0 Å². The molecule has 0 amide bonds. The van der Waals surface area contributed by atoms with E-state index in [9.17, 15) is 0 Å². The third kappa shape index (κ3) is 10.2. The summed E-state index contributed by atoms with van der Waals surface area (Å²) in [6.45, 7) is 1.51. The van der Waals surface area contributed by atoms with Crippen molar-refractivity contribution in [2.75, 3.05) is 32.9 Å². The lowest BCUT2D eigenvalue weighted by Crippen LogP contribution is -2.24. The van der Waals surface area contributed by atoms with Crippen LogP contribution in [0.5, 0.6) is 0 Å². The van der Waals surface area contributed by atoms with Gasteiger partial charge in [0, 0.05) is 59.3 Å². The van der Waals surface area contributed by atoms with E-state index in [1.807, 2.05) is 6.20 Å². The Labute approximate surface area is 480 Å². The second-order valence-electron chi connectivity index (χ2n) is 20.9. The van der Waals surface area contributed by atoms with Crippen LogP contribution in [0.25, 0.3) is 100 Å². The Kier molecular flexibility index (Phi) is 13.4. The molecule has 0 saturated heterocycles. The zero-order valence-corrected chi connectivity index (χ0v) is 45.2. The Morgan fingerprint density at radius 3 is 0.878 bits per heavy atom. The van der Waals surface area contributed by atoms with Gasteiger partial charge in [-0.05, 0) is 168 Å². The van der Waals surface area contributed by atoms with E-state index in [2.05, 4.69) is 336 Å². The Morgan fingerprint density at radius 2 is 0.488 bits per heavy atom. The zero-order valence-electron chi connectivity index (χ0n) is 45.2. The van der Waals surface area contributed by atoms with Gasteiger partial charge in [0.05, 0.1) is 19.0 Å². The predicted octanol–water partition coefficient (Wildman–Crippen LogP) is 19.6. The molecule has 0 atom stereocenters. The van der Waals surface area contributed by atoms with Crippen molar-refractivity contribution in [3.8, 4) is 100 Å². The lowest BCUT2D eigenvalue weighted by Gasteiger charge is -2.22. The van der Waals surface area contributed by atoms with Crippen molar-refractivity contribution in [3.63, 3.8) is 0 Å². The summed E-state index contributed by atoms with van der Waals surface area (Å²) in [5, 5.41) is 0. The predicted molar refractivity (Wildman–Crippen MR) is 344 cm³/mol. The molecule has 390 valence electrons. The van der Waals surface area contributed by atoms with E-state index in [-0.39, 0.29) is 0 Å². The Balaban J connectivity index is 0.812. The average molecular weight is 1050 g/mol. The number of benzene rings is 11. The number of hydrogen-bond donors (Lipinski definition) is 0. The molecular weight excluding hydrogens is 995 g/mol. The summed E-state index contributed by atoms with van der Waals surface area (Å²) >= 11 is 0. The quantitative estimate of drug-likeness (QED) is 0.115. The molecule has 0 fully saturated rings. The maximum Gasteiger partial charge on any atom is 0.0989 e. The monoisotopic (exact) mass is 1050 g/mol. The minimum absolute atomic E-state index is 0.757. The van der Waals surface area contributed by atoms with E-state index in [0.29, 0.717) is 0 Å². The van der Waals surface area contributed by atoms with Crippen LogP contribution in [0.3, 0.4) is 0 Å². The number of rotatable bonds is 13. The van der Waals surface area contributed by atoms with Crippen molar-refractivity contribution in [2.45, 2.75) is 0 Å². The van der Waals surface area contributed by atoms with Gasteiger partial charge in [-0.2, -0.15) is 0 Å². The molecule has 2 aliphatic rings. The largest absolute Gasteiger partial charge is 0.328 e. The highest BCUT2D eigenvalue weighted by Crippen LogP contribution is 2.43. The number of hydrogen-bond acceptors (Lipinski definition) is 5. The zero-order chi connectivity index (χ0) is 54.6. The van der Waals surface area contributed by atoms with Gasteiger partial charge in [0.2, 0.25) is 0 Å². The van der Waals surface area contributed by atoms with Crippen LogP contribution < -0.4 is 19.6 Å². The van der Waals surface area contributed by atoms with Gasteiger partial charge in [0.25, 0.3) is 0 Å². The minimum Gasteiger partial charge on any atom is -0.328 e. The summed E-state index contributed by atoms with van der Waals surface area (Å²) in [5.41, 5.74) is 25.3. The molecule has 2 aliphatic heterocycles. The Bertz CT molecular complexity index is 4080. The van der Waals surface area contributed by atoms with Crippen LogP contribution >= 0.6 is 0 Å². The first-order valence-electron chi connectivity index (χ1n) is 28.0. The molecule has 11 aromatic carbocycles. The van der Waals surface area contributed by atoms with Crippen LogP contribution in [0, 0.1) is 0 Å². The summed E-state index contributed by atoms with van der Waals surface area (Å²) in [6.07, 6.45) is 10.5. The first-order chi connectivity index (χ1) is 40.6. The van der Waals surface area contributed by atoms with E-state index in [4.69, 9.17) is 4.98 Å². The first kappa shape index (κ1) is 49.5. The summed E-state index contributed by atoms with van der Waals surface area (Å²) in [5.74, 6) is 0. The molecule has 0 bridgehead atoms. The third-order valence-electron chi connectivity index (χ3n) is 15.9. The Morgan fingerprint density at radius 1 is 0.207 bits per heavy atom. The van der Waals surface area contributed by atoms with Gasteiger partial charge in [0.15, 0.2) is 0 Å². The molecule has 0 N–H and O–H groups in total. The normalized spacial score (nSPS) is 12.8. The molecule has 0 aliphatic carbocycles. The third-order valence-corrected chi connectivity index (χ3v) is 15.9. The van der Waals surface area contributed by atoms with E-state index >= 15 is 0 Å². The van der Waals surface area contributed by atoms with E-state index in [1.165, 1.54) is 44.8 Å². The number of nitrogens with zero attached hydrogens (tertiary/aromatic N) is 5. The summed E-state index contributed by atoms with van der Waals surface area (Å²) < 4.78 is 0. The van der Waals surface area contributed by atoms with E-state index in [1.54, 1.807) is 0 Å². The smallest absolute Gasteiger partial charge is 0.0989 e. The van der Waals surface area contributed by atoms with Crippen molar-refractivity contribution in [1.82, 2.24) is 4.98 Å². The van der Waals surface area contributed by atoms with Gasteiger partial charge in [-0.25, -0.2) is 0 Å². The number of para-hydroxylation sites is 2. The molecular formula is C77H57N5. The van der Waals surface area contributed by atoms with Crippen molar-refractivity contribution in [1.29, 1.82) is 0 Å². The molecule has 3 heterocycles. The van der Waals surface area contributed by atoms with Gasteiger partial charge >= 0.3 is 0 Å².